The van der Waals surface area contributed by atoms with Crippen LogP contribution in [0, 0.1) is 6.92 Å². The average Bonchev–Trinajstić information content (AvgIpc) is 2.49. The standard InChI is InChI=1S/C16H13N3O/c1-11-8-18-10-14-13(11)5-2-6-15(14)19-16(20)12-4-3-7-17-9-12/h2-10H,1H3,(H,19,20). The Hall–Kier alpha value is -2.75. The molecule has 0 bridgehead atoms. The smallest absolute Gasteiger partial charge is 0.257 e. The molecule has 0 unspecified atom stereocenters. The number of hydrogen-bond acceptors (Lipinski definition) is 3. The van der Waals surface area contributed by atoms with Gasteiger partial charge in [0.2, 0.25) is 0 Å². The summed E-state index contributed by atoms with van der Waals surface area (Å²) in [4.78, 5) is 20.3. The van der Waals surface area contributed by atoms with Gasteiger partial charge in [0.25, 0.3) is 5.91 Å². The van der Waals surface area contributed by atoms with E-state index in [1.54, 1.807) is 30.7 Å². The van der Waals surface area contributed by atoms with Crippen LogP contribution in [0.25, 0.3) is 10.8 Å². The van der Waals surface area contributed by atoms with Crippen LogP contribution in [0.15, 0.2) is 55.1 Å². The van der Waals surface area contributed by atoms with Gasteiger partial charge in [-0.1, -0.05) is 12.1 Å². The molecule has 1 N–H and O–H groups in total. The Kier molecular flexibility index (Phi) is 3.13. The lowest BCUT2D eigenvalue weighted by atomic mass is 10.1. The van der Waals surface area contributed by atoms with E-state index < -0.39 is 0 Å². The van der Waals surface area contributed by atoms with Crippen molar-refractivity contribution >= 4 is 22.4 Å². The zero-order chi connectivity index (χ0) is 13.9. The van der Waals surface area contributed by atoms with Gasteiger partial charge in [0.1, 0.15) is 0 Å². The summed E-state index contributed by atoms with van der Waals surface area (Å²) in [6.45, 7) is 2.00. The summed E-state index contributed by atoms with van der Waals surface area (Å²) in [6, 6.07) is 9.29. The third kappa shape index (κ3) is 2.23. The first-order valence-corrected chi connectivity index (χ1v) is 6.30. The third-order valence-corrected chi connectivity index (χ3v) is 3.17. The number of nitrogens with zero attached hydrogens (tertiary/aromatic N) is 2. The molecule has 0 radical (unpaired) electrons. The molecule has 20 heavy (non-hydrogen) atoms. The Morgan fingerprint density at radius 2 is 1.90 bits per heavy atom. The van der Waals surface area contributed by atoms with E-state index in [9.17, 15) is 4.79 Å². The van der Waals surface area contributed by atoms with Crippen molar-refractivity contribution in [2.45, 2.75) is 6.92 Å². The number of amides is 1. The topological polar surface area (TPSA) is 54.9 Å². The number of carbonyl (C=O) groups excluding carboxylic acids is 1. The van der Waals surface area contributed by atoms with Gasteiger partial charge in [0, 0.05) is 30.2 Å². The van der Waals surface area contributed by atoms with Gasteiger partial charge in [-0.15, -0.1) is 0 Å². The van der Waals surface area contributed by atoms with E-state index in [0.29, 0.717) is 5.56 Å². The molecular weight excluding hydrogens is 250 g/mol. The fraction of sp³-hybridized carbons (Fsp3) is 0.0625. The van der Waals surface area contributed by atoms with E-state index in [0.717, 1.165) is 22.0 Å². The van der Waals surface area contributed by atoms with E-state index in [1.807, 2.05) is 31.3 Å². The summed E-state index contributed by atoms with van der Waals surface area (Å²) < 4.78 is 0. The molecule has 2 heterocycles. The lowest BCUT2D eigenvalue weighted by molar-refractivity contribution is 0.102. The predicted molar refractivity (Wildman–Crippen MR) is 78.7 cm³/mol. The number of pyridine rings is 2. The normalized spacial score (nSPS) is 10.4. The number of hydrogen-bond donors (Lipinski definition) is 1. The molecule has 0 aliphatic rings. The van der Waals surface area contributed by atoms with Crippen LogP contribution in [-0.2, 0) is 0 Å². The van der Waals surface area contributed by atoms with Crippen molar-refractivity contribution in [2.75, 3.05) is 5.32 Å². The van der Waals surface area contributed by atoms with Crippen LogP contribution in [0.1, 0.15) is 15.9 Å². The Morgan fingerprint density at radius 3 is 2.70 bits per heavy atom. The fourth-order valence-electron chi connectivity index (χ4n) is 2.14. The summed E-state index contributed by atoms with van der Waals surface area (Å²) in [5.74, 6) is -0.174. The highest BCUT2D eigenvalue weighted by Gasteiger charge is 2.09. The molecule has 0 saturated heterocycles. The van der Waals surface area contributed by atoms with Gasteiger partial charge < -0.3 is 5.32 Å². The van der Waals surface area contributed by atoms with Gasteiger partial charge in [-0.05, 0) is 36.1 Å². The number of rotatable bonds is 2. The molecule has 98 valence electrons. The largest absolute Gasteiger partial charge is 0.321 e. The van der Waals surface area contributed by atoms with E-state index in [4.69, 9.17) is 0 Å². The van der Waals surface area contributed by atoms with Crippen LogP contribution in [0.4, 0.5) is 5.69 Å². The number of fused-ring (bicyclic) bond motifs is 1. The van der Waals surface area contributed by atoms with Crippen LogP contribution in [0.5, 0.6) is 0 Å². The molecular formula is C16H13N3O. The second-order valence-corrected chi connectivity index (χ2v) is 4.55. The van der Waals surface area contributed by atoms with Crippen molar-refractivity contribution in [2.24, 2.45) is 0 Å². The Morgan fingerprint density at radius 1 is 1.00 bits per heavy atom. The number of nitrogens with one attached hydrogen (secondary N) is 1. The molecule has 4 heteroatoms. The molecule has 0 aliphatic carbocycles. The highest BCUT2D eigenvalue weighted by molar-refractivity contribution is 6.09. The average molecular weight is 263 g/mol. The molecule has 0 spiro atoms. The minimum atomic E-state index is -0.174. The van der Waals surface area contributed by atoms with Gasteiger partial charge in [-0.2, -0.15) is 0 Å². The number of carbonyl (C=O) groups is 1. The van der Waals surface area contributed by atoms with Gasteiger partial charge in [-0.25, -0.2) is 0 Å². The summed E-state index contributed by atoms with van der Waals surface area (Å²) in [5.41, 5.74) is 2.37. The molecule has 0 saturated carbocycles. The minimum Gasteiger partial charge on any atom is -0.321 e. The first-order valence-electron chi connectivity index (χ1n) is 6.30. The number of aromatic nitrogens is 2. The van der Waals surface area contributed by atoms with Crippen LogP contribution in [0.2, 0.25) is 0 Å². The summed E-state index contributed by atoms with van der Waals surface area (Å²) >= 11 is 0. The summed E-state index contributed by atoms with van der Waals surface area (Å²) in [6.07, 6.45) is 6.77. The van der Waals surface area contributed by atoms with E-state index in [2.05, 4.69) is 15.3 Å². The molecule has 0 fully saturated rings. The Balaban J connectivity index is 2.00. The fourth-order valence-corrected chi connectivity index (χ4v) is 2.14. The maximum Gasteiger partial charge on any atom is 0.257 e. The molecule has 0 atom stereocenters. The van der Waals surface area contributed by atoms with Crippen LogP contribution < -0.4 is 5.32 Å². The number of aryl methyl sites for hydroxylation is 1. The first kappa shape index (κ1) is 12.3. The lowest BCUT2D eigenvalue weighted by Crippen LogP contribution is -2.12. The van der Waals surface area contributed by atoms with Crippen molar-refractivity contribution in [3.8, 4) is 0 Å². The van der Waals surface area contributed by atoms with E-state index in [-0.39, 0.29) is 5.91 Å². The van der Waals surface area contributed by atoms with Crippen molar-refractivity contribution in [1.82, 2.24) is 9.97 Å². The number of anilines is 1. The summed E-state index contributed by atoms with van der Waals surface area (Å²) in [7, 11) is 0. The Bertz CT molecular complexity index is 769. The zero-order valence-electron chi connectivity index (χ0n) is 11.0. The molecule has 3 aromatic rings. The highest BCUT2D eigenvalue weighted by Crippen LogP contribution is 2.25. The molecule has 2 aromatic heterocycles. The van der Waals surface area contributed by atoms with E-state index >= 15 is 0 Å². The molecule has 0 aliphatic heterocycles. The second-order valence-electron chi connectivity index (χ2n) is 4.55. The van der Waals surface area contributed by atoms with Crippen molar-refractivity contribution in [1.29, 1.82) is 0 Å². The second kappa shape index (κ2) is 5.09. The van der Waals surface area contributed by atoms with Gasteiger partial charge >= 0.3 is 0 Å². The SMILES string of the molecule is Cc1cncc2c(NC(=O)c3cccnc3)cccc12. The van der Waals surface area contributed by atoms with Crippen molar-refractivity contribution in [3.63, 3.8) is 0 Å². The van der Waals surface area contributed by atoms with Crippen LogP contribution >= 0.6 is 0 Å². The van der Waals surface area contributed by atoms with E-state index in [1.165, 1.54) is 0 Å². The molecule has 3 rings (SSSR count). The van der Waals surface area contributed by atoms with Gasteiger partial charge in [0.15, 0.2) is 0 Å². The maximum atomic E-state index is 12.2. The third-order valence-electron chi connectivity index (χ3n) is 3.17. The lowest BCUT2D eigenvalue weighted by Gasteiger charge is -2.09. The van der Waals surface area contributed by atoms with Crippen molar-refractivity contribution in [3.05, 3.63) is 66.2 Å². The van der Waals surface area contributed by atoms with Crippen LogP contribution in [-0.4, -0.2) is 15.9 Å². The van der Waals surface area contributed by atoms with Crippen LogP contribution in [0.3, 0.4) is 0 Å². The monoisotopic (exact) mass is 263 g/mol. The minimum absolute atomic E-state index is 0.174. The molecule has 1 aromatic carbocycles. The number of benzene rings is 1. The molecule has 4 nitrogen and oxygen atoms in total. The Labute approximate surface area is 116 Å². The van der Waals surface area contributed by atoms with Gasteiger partial charge in [0.05, 0.1) is 11.3 Å². The van der Waals surface area contributed by atoms with Gasteiger partial charge in [-0.3, -0.25) is 14.8 Å². The maximum absolute atomic E-state index is 12.2. The predicted octanol–water partition coefficient (Wildman–Crippen LogP) is 3.19. The zero-order valence-corrected chi connectivity index (χ0v) is 11.0. The van der Waals surface area contributed by atoms with Crippen molar-refractivity contribution < 1.29 is 4.79 Å². The molecule has 1 amide bonds. The first-order chi connectivity index (χ1) is 9.75. The highest BCUT2D eigenvalue weighted by atomic mass is 16.1. The summed E-state index contributed by atoms with van der Waals surface area (Å²) in [5, 5.41) is 4.93. The quantitative estimate of drug-likeness (QED) is 0.772.